The van der Waals surface area contributed by atoms with Gasteiger partial charge < -0.3 is 24.5 Å². The van der Waals surface area contributed by atoms with Gasteiger partial charge in [-0.1, -0.05) is 53.6 Å². The molecule has 1 aromatic heterocycles. The Morgan fingerprint density at radius 3 is 2.02 bits per heavy atom. The third kappa shape index (κ3) is 6.74. The van der Waals surface area contributed by atoms with Gasteiger partial charge in [0.1, 0.15) is 0 Å². The van der Waals surface area contributed by atoms with Crippen molar-refractivity contribution in [2.75, 3.05) is 19.6 Å². The van der Waals surface area contributed by atoms with Crippen LogP contribution in [0.2, 0.25) is 0 Å². The number of piperidine rings is 1. The maximum Gasteiger partial charge on any atom is 0.343 e. The minimum absolute atomic E-state index is 0.0370. The number of esters is 2. The largest absolute Gasteiger partial charge is 0.419 e. The number of carbonyl (C=O) groups excluding carboxylic acids is 2. The lowest BCUT2D eigenvalue weighted by Gasteiger charge is -2.33. The summed E-state index contributed by atoms with van der Waals surface area (Å²) in [6.45, 7) is 5.61. The third-order valence-electron chi connectivity index (χ3n) is 8.31. The Morgan fingerprint density at radius 1 is 0.822 bits per heavy atom. The molecule has 0 amide bonds. The summed E-state index contributed by atoms with van der Waals surface area (Å²) >= 11 is 0. The van der Waals surface area contributed by atoms with Crippen molar-refractivity contribution in [2.45, 2.75) is 38.8 Å². The number of benzene rings is 4. The first-order valence-corrected chi connectivity index (χ1v) is 15.1. The molecule has 1 saturated heterocycles. The molecular formula is C36H35N3O6. The molecule has 9 heteroatoms. The number of likely N-dealkylation sites (tertiary alicyclic amines) is 1. The molecule has 1 aliphatic heterocycles. The summed E-state index contributed by atoms with van der Waals surface area (Å²) in [6, 6.07) is 26.5. The summed E-state index contributed by atoms with van der Waals surface area (Å²) in [5.41, 5.74) is 4.86. The zero-order chi connectivity index (χ0) is 31.5. The third-order valence-corrected chi connectivity index (χ3v) is 8.31. The maximum atomic E-state index is 13.0. The van der Waals surface area contributed by atoms with Crippen molar-refractivity contribution in [3.05, 3.63) is 129 Å². The molecule has 1 aliphatic rings. The quantitative estimate of drug-likeness (QED) is 0.171. The first kappa shape index (κ1) is 30.1. The Hall–Kier alpha value is -4.99. The minimum atomic E-state index is -0.893. The van der Waals surface area contributed by atoms with E-state index in [9.17, 15) is 19.5 Å². The molecule has 1 fully saturated rings. The van der Waals surface area contributed by atoms with Crippen LogP contribution in [0, 0.1) is 13.8 Å². The van der Waals surface area contributed by atoms with E-state index in [0.717, 1.165) is 35.0 Å². The number of carbonyl (C=O) groups is 2. The van der Waals surface area contributed by atoms with Gasteiger partial charge in [0.15, 0.2) is 11.5 Å². The van der Waals surface area contributed by atoms with Gasteiger partial charge in [0.25, 0.3) is 0 Å². The van der Waals surface area contributed by atoms with Gasteiger partial charge in [0, 0.05) is 25.7 Å². The fraction of sp³-hybridized carbons (Fsp3) is 0.250. The highest BCUT2D eigenvalue weighted by Crippen LogP contribution is 2.33. The smallest absolute Gasteiger partial charge is 0.343 e. The Morgan fingerprint density at radius 2 is 1.40 bits per heavy atom. The summed E-state index contributed by atoms with van der Waals surface area (Å²) < 4.78 is 13.2. The van der Waals surface area contributed by atoms with E-state index in [1.54, 1.807) is 36.4 Å². The maximum absolute atomic E-state index is 13.0. The van der Waals surface area contributed by atoms with Gasteiger partial charge in [-0.25, -0.2) is 14.4 Å². The van der Waals surface area contributed by atoms with Crippen molar-refractivity contribution in [3.8, 4) is 11.5 Å². The van der Waals surface area contributed by atoms with Crippen molar-refractivity contribution in [1.82, 2.24) is 14.5 Å². The minimum Gasteiger partial charge on any atom is -0.419 e. The summed E-state index contributed by atoms with van der Waals surface area (Å²) in [5, 5.41) is 11.2. The summed E-state index contributed by atoms with van der Waals surface area (Å²) in [7, 11) is 0. The first-order chi connectivity index (χ1) is 21.7. The molecule has 9 nitrogen and oxygen atoms in total. The van der Waals surface area contributed by atoms with Crippen molar-refractivity contribution in [3.63, 3.8) is 0 Å². The highest BCUT2D eigenvalue weighted by Gasteiger charge is 2.26. The number of aromatic amines is 1. The molecule has 0 spiro atoms. The number of rotatable bonds is 8. The molecular weight excluding hydrogens is 570 g/mol. The molecule has 45 heavy (non-hydrogen) atoms. The summed E-state index contributed by atoms with van der Waals surface area (Å²) in [4.78, 5) is 43.7. The van der Waals surface area contributed by atoms with E-state index >= 15 is 0 Å². The molecule has 0 aliphatic carbocycles. The van der Waals surface area contributed by atoms with Crippen LogP contribution in [-0.2, 0) is 0 Å². The Balaban J connectivity index is 1.17. The van der Waals surface area contributed by atoms with Crippen molar-refractivity contribution < 1.29 is 24.2 Å². The van der Waals surface area contributed by atoms with E-state index in [-0.39, 0.29) is 23.2 Å². The number of nitrogens with zero attached hydrogens (tertiary/aromatic N) is 2. The van der Waals surface area contributed by atoms with E-state index in [0.29, 0.717) is 36.3 Å². The van der Waals surface area contributed by atoms with Gasteiger partial charge in [-0.3, -0.25) is 4.57 Å². The topological polar surface area (TPSA) is 114 Å². The van der Waals surface area contributed by atoms with Gasteiger partial charge in [-0.05, 0) is 80.8 Å². The second kappa shape index (κ2) is 12.9. The second-order valence-corrected chi connectivity index (χ2v) is 11.6. The number of aliphatic hydroxyl groups is 1. The van der Waals surface area contributed by atoms with Crippen LogP contribution < -0.4 is 15.2 Å². The number of hydrogen-bond donors (Lipinski definition) is 2. The Labute approximate surface area is 260 Å². The molecule has 4 aromatic carbocycles. The lowest BCUT2D eigenvalue weighted by atomic mass is 10.0. The van der Waals surface area contributed by atoms with Crippen LogP contribution in [0.4, 0.5) is 0 Å². The van der Waals surface area contributed by atoms with Crippen LogP contribution >= 0.6 is 0 Å². The van der Waals surface area contributed by atoms with Crippen LogP contribution in [0.5, 0.6) is 11.5 Å². The number of aromatic nitrogens is 2. The van der Waals surface area contributed by atoms with Crippen LogP contribution in [0.1, 0.15) is 62.4 Å². The van der Waals surface area contributed by atoms with E-state index in [2.05, 4.69) is 9.88 Å². The number of aryl methyl sites for hydroxylation is 2. The van der Waals surface area contributed by atoms with Gasteiger partial charge >= 0.3 is 17.6 Å². The van der Waals surface area contributed by atoms with E-state index in [1.165, 1.54) is 6.07 Å². The highest BCUT2D eigenvalue weighted by atomic mass is 16.6. The molecule has 5 aromatic rings. The van der Waals surface area contributed by atoms with E-state index < -0.39 is 18.0 Å². The summed E-state index contributed by atoms with van der Waals surface area (Å²) in [5.74, 6) is -1.09. The second-order valence-electron chi connectivity index (χ2n) is 11.6. The number of aliphatic hydroxyl groups excluding tert-OH is 1. The van der Waals surface area contributed by atoms with Gasteiger partial charge in [-0.15, -0.1) is 0 Å². The molecule has 0 radical (unpaired) electrons. The van der Waals surface area contributed by atoms with Crippen LogP contribution in [-0.4, -0.2) is 51.1 Å². The lowest BCUT2D eigenvalue weighted by Crippen LogP contribution is -2.39. The average Bonchev–Trinajstić information content (AvgIpc) is 3.38. The van der Waals surface area contributed by atoms with Crippen LogP contribution in [0.3, 0.4) is 0 Å². The van der Waals surface area contributed by atoms with Crippen molar-refractivity contribution in [2.24, 2.45) is 0 Å². The van der Waals surface area contributed by atoms with E-state index in [1.807, 2.05) is 66.9 Å². The molecule has 0 bridgehead atoms. The monoisotopic (exact) mass is 605 g/mol. The average molecular weight is 606 g/mol. The van der Waals surface area contributed by atoms with Crippen LogP contribution in [0.25, 0.3) is 11.0 Å². The standard InChI is InChI=1S/C36H35N3O6/c1-23-7-11-25(12-8-23)34(41)44-32-16-15-27(21-33(32)45-35(42)26-13-9-24(2)10-14-26)31(40)22-38-19-17-28(18-20-38)39-30-6-4-3-5-29(30)37-36(39)43/h3-16,21,28,31,40H,17-20,22H2,1-2H3,(H,37,43)/t31-/m1/s1. The highest BCUT2D eigenvalue weighted by molar-refractivity contribution is 5.93. The predicted octanol–water partition coefficient (Wildman–Crippen LogP) is 5.76. The number of β-amino-alcohol motifs (C(OH)–C–C–N with tert-alkyl or cyclic N) is 1. The molecule has 1 atom stereocenters. The molecule has 6 rings (SSSR count). The van der Waals surface area contributed by atoms with Crippen molar-refractivity contribution in [1.29, 1.82) is 0 Å². The van der Waals surface area contributed by atoms with Crippen molar-refractivity contribution >= 4 is 23.0 Å². The molecule has 0 saturated carbocycles. The number of H-pyrrole nitrogens is 1. The van der Waals surface area contributed by atoms with E-state index in [4.69, 9.17) is 9.47 Å². The number of nitrogens with one attached hydrogen (secondary N) is 1. The Kier molecular flexibility index (Phi) is 8.64. The zero-order valence-corrected chi connectivity index (χ0v) is 25.2. The number of imidazole rings is 1. The Bertz CT molecular complexity index is 1880. The fourth-order valence-electron chi connectivity index (χ4n) is 5.74. The SMILES string of the molecule is Cc1ccc(C(=O)Oc2ccc([C@H](O)CN3CCC(n4c(=O)[nH]c5ccccc54)CC3)cc2OC(=O)c2ccc(C)cc2)cc1. The van der Waals surface area contributed by atoms with Gasteiger partial charge in [-0.2, -0.15) is 0 Å². The molecule has 0 unspecified atom stereocenters. The lowest BCUT2D eigenvalue weighted by molar-refractivity contribution is 0.0680. The van der Waals surface area contributed by atoms with Gasteiger partial charge in [0.2, 0.25) is 0 Å². The predicted molar refractivity (Wildman–Crippen MR) is 171 cm³/mol. The zero-order valence-electron chi connectivity index (χ0n) is 25.2. The number of para-hydroxylation sites is 2. The summed E-state index contributed by atoms with van der Waals surface area (Å²) in [6.07, 6.45) is 0.639. The molecule has 230 valence electrons. The molecule has 2 heterocycles. The number of fused-ring (bicyclic) bond motifs is 1. The number of ether oxygens (including phenoxy) is 2. The fourth-order valence-corrected chi connectivity index (χ4v) is 5.74. The van der Waals surface area contributed by atoms with Gasteiger partial charge in [0.05, 0.1) is 28.3 Å². The molecule has 2 N–H and O–H groups in total. The first-order valence-electron chi connectivity index (χ1n) is 15.1. The van der Waals surface area contributed by atoms with Crippen LogP contribution in [0.15, 0.2) is 95.8 Å². The number of hydrogen-bond acceptors (Lipinski definition) is 7. The normalized spacial score (nSPS) is 14.7.